The Balaban J connectivity index is 1.37. The lowest BCUT2D eigenvalue weighted by atomic mass is 10.1. The summed E-state index contributed by atoms with van der Waals surface area (Å²) in [6.45, 7) is 13.3. The van der Waals surface area contributed by atoms with Gasteiger partial charge in [-0.2, -0.15) is 0 Å². The number of nitrogens with zero attached hydrogens (tertiary/aromatic N) is 5. The quantitative estimate of drug-likeness (QED) is 0.459. The zero-order valence-electron chi connectivity index (χ0n) is 20.4. The van der Waals surface area contributed by atoms with Gasteiger partial charge in [-0.15, -0.1) is 0 Å². The van der Waals surface area contributed by atoms with Crippen molar-refractivity contribution < 1.29 is 0 Å². The van der Waals surface area contributed by atoms with E-state index in [1.54, 1.807) is 6.20 Å². The Labute approximate surface area is 207 Å². The number of anilines is 3. The van der Waals surface area contributed by atoms with Crippen molar-refractivity contribution in [1.29, 1.82) is 0 Å². The van der Waals surface area contributed by atoms with Gasteiger partial charge >= 0.3 is 0 Å². The molecule has 0 radical (unpaired) electrons. The third kappa shape index (κ3) is 6.15. The smallest absolute Gasteiger partial charge is 0.227 e. The van der Waals surface area contributed by atoms with Gasteiger partial charge in [0, 0.05) is 81.2 Å². The minimum Gasteiger partial charge on any atom is -0.388 e. The van der Waals surface area contributed by atoms with Crippen LogP contribution in [0.15, 0.2) is 67.1 Å². The van der Waals surface area contributed by atoms with Crippen LogP contribution in [0.3, 0.4) is 0 Å². The molecule has 1 aromatic carbocycles. The molecular formula is C27H34N8. The van der Waals surface area contributed by atoms with Crippen LogP contribution in [-0.2, 0) is 6.54 Å². The third-order valence-electron chi connectivity index (χ3n) is 6.58. The second-order valence-corrected chi connectivity index (χ2v) is 9.39. The molecule has 8 rings (SSSR count). The fourth-order valence-corrected chi connectivity index (χ4v) is 4.68. The van der Waals surface area contributed by atoms with E-state index in [1.165, 1.54) is 5.56 Å². The lowest BCUT2D eigenvalue weighted by Gasteiger charge is -2.40. The number of hydrogen-bond acceptors (Lipinski definition) is 8. The molecule has 2 aromatic heterocycles. The second-order valence-electron chi connectivity index (χ2n) is 9.39. The van der Waals surface area contributed by atoms with Gasteiger partial charge in [0.25, 0.3) is 0 Å². The van der Waals surface area contributed by atoms with Crippen molar-refractivity contribution in [3.05, 3.63) is 72.7 Å². The lowest BCUT2D eigenvalue weighted by Crippen LogP contribution is -2.52. The maximum Gasteiger partial charge on any atom is 0.227 e. The van der Waals surface area contributed by atoms with Crippen LogP contribution in [0, 0.1) is 0 Å². The van der Waals surface area contributed by atoms with E-state index >= 15 is 0 Å². The molecule has 0 saturated carbocycles. The molecule has 8 heteroatoms. The average molecular weight is 471 g/mol. The topological polar surface area (TPSA) is 81.2 Å². The molecule has 182 valence electrons. The van der Waals surface area contributed by atoms with Gasteiger partial charge in [-0.1, -0.05) is 18.7 Å². The van der Waals surface area contributed by atoms with Gasteiger partial charge in [-0.05, 0) is 49.2 Å². The normalized spacial score (nSPS) is 23.1. The Morgan fingerprint density at radius 2 is 1.91 bits per heavy atom. The lowest BCUT2D eigenvalue weighted by molar-refractivity contribution is 0.0853. The highest BCUT2D eigenvalue weighted by molar-refractivity contribution is 5.62. The number of benzene rings is 1. The van der Waals surface area contributed by atoms with E-state index in [4.69, 9.17) is 4.98 Å². The predicted molar refractivity (Wildman–Crippen MR) is 142 cm³/mol. The molecule has 8 bridgehead atoms. The van der Waals surface area contributed by atoms with E-state index in [0.29, 0.717) is 12.0 Å². The van der Waals surface area contributed by atoms with E-state index < -0.39 is 0 Å². The summed E-state index contributed by atoms with van der Waals surface area (Å²) in [6.07, 6.45) is 4.62. The molecule has 0 aliphatic carbocycles. The summed E-state index contributed by atoms with van der Waals surface area (Å²) in [5.41, 5.74) is 5.16. The zero-order valence-corrected chi connectivity index (χ0v) is 20.4. The van der Waals surface area contributed by atoms with Gasteiger partial charge in [-0.25, -0.2) is 15.0 Å². The van der Waals surface area contributed by atoms with Gasteiger partial charge in [0.2, 0.25) is 5.95 Å². The Morgan fingerprint density at radius 1 is 1.00 bits per heavy atom. The minimum atomic E-state index is 0.483. The third-order valence-corrected chi connectivity index (χ3v) is 6.58. The molecule has 0 amide bonds. The number of hydrogen-bond donors (Lipinski definition) is 3. The molecule has 1 saturated heterocycles. The van der Waals surface area contributed by atoms with Crippen LogP contribution >= 0.6 is 0 Å². The molecule has 3 atom stereocenters. The van der Waals surface area contributed by atoms with Crippen LogP contribution in [0.2, 0.25) is 0 Å². The Kier molecular flexibility index (Phi) is 7.20. The molecule has 5 aliphatic heterocycles. The van der Waals surface area contributed by atoms with Crippen molar-refractivity contribution in [2.75, 3.05) is 49.9 Å². The molecule has 3 aromatic rings. The van der Waals surface area contributed by atoms with E-state index in [1.807, 2.05) is 24.4 Å². The molecule has 3 unspecified atom stereocenters. The van der Waals surface area contributed by atoms with E-state index in [2.05, 4.69) is 73.5 Å². The van der Waals surface area contributed by atoms with Crippen LogP contribution < -0.4 is 16.0 Å². The molecule has 8 nitrogen and oxygen atoms in total. The van der Waals surface area contributed by atoms with Crippen LogP contribution in [0.1, 0.15) is 18.9 Å². The van der Waals surface area contributed by atoms with Gasteiger partial charge in [0.1, 0.15) is 5.82 Å². The van der Waals surface area contributed by atoms with Gasteiger partial charge in [0.05, 0.1) is 5.69 Å². The van der Waals surface area contributed by atoms with Crippen molar-refractivity contribution in [3.63, 3.8) is 0 Å². The minimum absolute atomic E-state index is 0.483. The number of piperazine rings is 1. The zero-order chi connectivity index (χ0) is 24.0. The van der Waals surface area contributed by atoms with Crippen molar-refractivity contribution >= 4 is 17.5 Å². The average Bonchev–Trinajstić information content (AvgIpc) is 2.86. The van der Waals surface area contributed by atoms with Crippen LogP contribution in [0.5, 0.6) is 0 Å². The Hall–Kier alpha value is -3.49. The molecule has 35 heavy (non-hydrogen) atoms. The number of rotatable bonds is 0. The largest absolute Gasteiger partial charge is 0.388 e. The standard InChI is InChI=1S/C27H34N8/c1-20-17-35-14-13-34(18-21(35)2)19-22-5-3-6-24(15-22)32-27-30-12-9-25(33-27)23-7-8-26(31-16-23)29-11-4-10-28-20/h3,5-9,12,15-16,21,28H,1,4,10-11,13-14,17-19H2,2H3,(H,29,31)(H,30,32,33). The number of aromatic nitrogens is 3. The highest BCUT2D eigenvalue weighted by Gasteiger charge is 2.24. The SMILES string of the molecule is C=C1CN2CCN(Cc3cccc(c3)Nc3nccc(n3)-c3ccc(nc3)NCCCN1)CC2C. The van der Waals surface area contributed by atoms with Crippen molar-refractivity contribution in [2.24, 2.45) is 0 Å². The fourth-order valence-electron chi connectivity index (χ4n) is 4.68. The Morgan fingerprint density at radius 3 is 2.77 bits per heavy atom. The maximum absolute atomic E-state index is 4.72. The highest BCUT2D eigenvalue weighted by atomic mass is 15.3. The summed E-state index contributed by atoms with van der Waals surface area (Å²) in [5, 5.41) is 10.3. The van der Waals surface area contributed by atoms with E-state index in [-0.39, 0.29) is 0 Å². The Bertz CT molecular complexity index is 1150. The highest BCUT2D eigenvalue weighted by Crippen LogP contribution is 2.22. The first-order chi connectivity index (χ1) is 17.1. The maximum atomic E-state index is 4.72. The monoisotopic (exact) mass is 470 g/mol. The second kappa shape index (κ2) is 10.8. The molecule has 3 N–H and O–H groups in total. The summed E-state index contributed by atoms with van der Waals surface area (Å²) in [4.78, 5) is 18.8. The van der Waals surface area contributed by atoms with Crippen molar-refractivity contribution in [3.8, 4) is 11.3 Å². The summed E-state index contributed by atoms with van der Waals surface area (Å²) in [7, 11) is 0. The van der Waals surface area contributed by atoms with Crippen LogP contribution in [0.25, 0.3) is 11.3 Å². The van der Waals surface area contributed by atoms with Crippen molar-refractivity contribution in [2.45, 2.75) is 25.9 Å². The summed E-state index contributed by atoms with van der Waals surface area (Å²) < 4.78 is 0. The molecular weight excluding hydrogens is 436 g/mol. The van der Waals surface area contributed by atoms with E-state index in [9.17, 15) is 0 Å². The summed E-state index contributed by atoms with van der Waals surface area (Å²) in [6, 6.07) is 15.0. The number of pyridine rings is 1. The summed E-state index contributed by atoms with van der Waals surface area (Å²) in [5.74, 6) is 1.44. The van der Waals surface area contributed by atoms with Crippen molar-refractivity contribution in [1.82, 2.24) is 30.1 Å². The van der Waals surface area contributed by atoms with Crippen LogP contribution in [-0.4, -0.2) is 70.1 Å². The first kappa shape index (κ1) is 23.3. The van der Waals surface area contributed by atoms with Gasteiger partial charge in [0.15, 0.2) is 0 Å². The van der Waals surface area contributed by atoms with E-state index in [0.717, 1.165) is 80.7 Å². The molecule has 5 aliphatic rings. The first-order valence-electron chi connectivity index (χ1n) is 12.4. The first-order valence-corrected chi connectivity index (χ1v) is 12.4. The van der Waals surface area contributed by atoms with Gasteiger partial charge < -0.3 is 16.0 Å². The van der Waals surface area contributed by atoms with Gasteiger partial charge in [-0.3, -0.25) is 9.80 Å². The van der Waals surface area contributed by atoms with Crippen LogP contribution in [0.4, 0.5) is 17.5 Å². The summed E-state index contributed by atoms with van der Waals surface area (Å²) >= 11 is 0. The fraction of sp³-hybridized carbons (Fsp3) is 0.370. The predicted octanol–water partition coefficient (Wildman–Crippen LogP) is 3.71. The molecule has 7 heterocycles. The molecule has 1 fully saturated rings. The number of nitrogens with one attached hydrogen (secondary N) is 3. The molecule has 0 spiro atoms.